The molecule has 0 saturated carbocycles. The summed E-state index contributed by atoms with van der Waals surface area (Å²) in [6.45, 7) is 5.94. The third-order valence-corrected chi connectivity index (χ3v) is 3.53. The molecule has 0 amide bonds. The summed E-state index contributed by atoms with van der Waals surface area (Å²) in [7, 11) is 0. The van der Waals surface area contributed by atoms with Crippen LogP contribution < -0.4 is 15.4 Å². The molecule has 2 rings (SSSR count). The lowest BCUT2D eigenvalue weighted by Crippen LogP contribution is -2.28. The van der Waals surface area contributed by atoms with E-state index in [9.17, 15) is 0 Å². The van der Waals surface area contributed by atoms with Crippen molar-refractivity contribution >= 4 is 0 Å². The average Bonchev–Trinajstić information content (AvgIpc) is 2.57. The molecule has 124 valence electrons. The normalized spacial score (nSPS) is 10.7. The maximum absolute atomic E-state index is 8.71. The van der Waals surface area contributed by atoms with Crippen LogP contribution in [0.4, 0.5) is 0 Å². The second-order valence-corrected chi connectivity index (χ2v) is 5.54. The fourth-order valence-corrected chi connectivity index (χ4v) is 2.36. The summed E-state index contributed by atoms with van der Waals surface area (Å²) in [5, 5.41) is 15.2. The van der Waals surface area contributed by atoms with Gasteiger partial charge in [-0.15, -0.1) is 0 Å². The lowest BCUT2D eigenvalue weighted by atomic mass is 10.1. The van der Waals surface area contributed by atoms with Crippen LogP contribution in [0.3, 0.4) is 0 Å². The quantitative estimate of drug-likeness (QED) is 0.589. The topological polar surface area (TPSA) is 53.5 Å². The van der Waals surface area contributed by atoms with Gasteiger partial charge in [0.15, 0.2) is 0 Å². The van der Waals surface area contributed by atoms with Crippen LogP contribution in [0.2, 0.25) is 0 Å². The molecule has 0 saturated heterocycles. The van der Waals surface area contributed by atoms with Gasteiger partial charge in [0.25, 0.3) is 0 Å². The number of para-hydroxylation sites is 1. The summed E-state index contributed by atoms with van der Waals surface area (Å²) < 4.78 is 5.99. The summed E-state index contributed by atoms with van der Waals surface area (Å²) in [5.41, 5.74) is 3.58. The number of nitrogens with one attached hydrogen (secondary N) is 2. The Hall–Kier alpha value is -1.88. The first-order chi connectivity index (χ1) is 11.3. The zero-order valence-corrected chi connectivity index (χ0v) is 13.7. The second kappa shape index (κ2) is 10.0. The van der Waals surface area contributed by atoms with E-state index in [4.69, 9.17) is 9.84 Å². The highest BCUT2D eigenvalue weighted by Crippen LogP contribution is 2.19. The van der Waals surface area contributed by atoms with Gasteiger partial charge in [0.05, 0.1) is 6.61 Å². The number of hydrogen-bond acceptors (Lipinski definition) is 4. The van der Waals surface area contributed by atoms with Gasteiger partial charge in [0.1, 0.15) is 12.4 Å². The van der Waals surface area contributed by atoms with Crippen molar-refractivity contribution in [1.82, 2.24) is 10.6 Å². The van der Waals surface area contributed by atoms with E-state index in [0.717, 1.165) is 30.9 Å². The maximum Gasteiger partial charge on any atom is 0.124 e. The van der Waals surface area contributed by atoms with Gasteiger partial charge < -0.3 is 20.5 Å². The molecule has 0 aliphatic heterocycles. The van der Waals surface area contributed by atoms with Gasteiger partial charge in [-0.25, -0.2) is 0 Å². The molecule has 4 heteroatoms. The molecule has 0 bridgehead atoms. The van der Waals surface area contributed by atoms with Crippen LogP contribution in [0.25, 0.3) is 0 Å². The first kappa shape index (κ1) is 17.5. The predicted octanol–water partition coefficient (Wildman–Crippen LogP) is 2.25. The highest BCUT2D eigenvalue weighted by Gasteiger charge is 2.03. The zero-order chi connectivity index (χ0) is 16.3. The van der Waals surface area contributed by atoms with E-state index in [-0.39, 0.29) is 6.61 Å². The Kier molecular flexibility index (Phi) is 7.60. The standard InChI is InChI=1S/C19H26N2O2/c1-16-5-4-6-17(13-16)15-23-19-8-3-2-7-18(19)14-21-10-9-20-11-12-22/h2-8,13,20-22H,9-12,14-15H2,1H3. The Labute approximate surface area is 138 Å². The number of benzene rings is 2. The number of hydrogen-bond donors (Lipinski definition) is 3. The van der Waals surface area contributed by atoms with Crippen LogP contribution in [-0.2, 0) is 13.2 Å². The summed E-state index contributed by atoms with van der Waals surface area (Å²) in [6, 6.07) is 16.5. The van der Waals surface area contributed by atoms with E-state index in [1.807, 2.05) is 18.2 Å². The van der Waals surface area contributed by atoms with E-state index in [2.05, 4.69) is 47.9 Å². The van der Waals surface area contributed by atoms with Gasteiger partial charge in [-0.05, 0) is 18.6 Å². The lowest BCUT2D eigenvalue weighted by Gasteiger charge is -2.13. The van der Waals surface area contributed by atoms with E-state index >= 15 is 0 Å². The monoisotopic (exact) mass is 314 g/mol. The first-order valence-corrected chi connectivity index (χ1v) is 8.08. The molecule has 0 fully saturated rings. The summed E-state index contributed by atoms with van der Waals surface area (Å²) in [6.07, 6.45) is 0. The number of aryl methyl sites for hydroxylation is 1. The number of aliphatic hydroxyl groups excluding tert-OH is 1. The molecule has 4 nitrogen and oxygen atoms in total. The average molecular weight is 314 g/mol. The Balaban J connectivity index is 1.82. The maximum atomic E-state index is 8.71. The molecule has 0 aromatic heterocycles. The minimum Gasteiger partial charge on any atom is -0.489 e. The molecule has 0 heterocycles. The molecule has 23 heavy (non-hydrogen) atoms. The summed E-state index contributed by atoms with van der Waals surface area (Å²) in [4.78, 5) is 0. The van der Waals surface area contributed by atoms with Crippen molar-refractivity contribution in [2.24, 2.45) is 0 Å². The molecule has 0 aliphatic rings. The van der Waals surface area contributed by atoms with Crippen LogP contribution >= 0.6 is 0 Å². The minimum absolute atomic E-state index is 0.176. The highest BCUT2D eigenvalue weighted by atomic mass is 16.5. The fraction of sp³-hybridized carbons (Fsp3) is 0.368. The van der Waals surface area contributed by atoms with E-state index < -0.39 is 0 Å². The van der Waals surface area contributed by atoms with Crippen molar-refractivity contribution in [3.05, 3.63) is 65.2 Å². The Bertz CT molecular complexity index is 587. The SMILES string of the molecule is Cc1cccc(COc2ccccc2CNCCNCCO)c1. The minimum atomic E-state index is 0.176. The molecule has 0 atom stereocenters. The summed E-state index contributed by atoms with van der Waals surface area (Å²) >= 11 is 0. The molecular weight excluding hydrogens is 288 g/mol. The molecule has 2 aromatic rings. The molecule has 0 aliphatic carbocycles. The van der Waals surface area contributed by atoms with Crippen LogP contribution in [0.5, 0.6) is 5.75 Å². The zero-order valence-electron chi connectivity index (χ0n) is 13.7. The van der Waals surface area contributed by atoms with Gasteiger partial charge in [0, 0.05) is 31.7 Å². The van der Waals surface area contributed by atoms with Crippen LogP contribution in [0.15, 0.2) is 48.5 Å². The Morgan fingerprint density at radius 3 is 2.61 bits per heavy atom. The molecule has 0 radical (unpaired) electrons. The largest absolute Gasteiger partial charge is 0.489 e. The third kappa shape index (κ3) is 6.40. The number of aliphatic hydroxyl groups is 1. The first-order valence-electron chi connectivity index (χ1n) is 8.08. The van der Waals surface area contributed by atoms with Gasteiger partial charge in [0.2, 0.25) is 0 Å². The Morgan fingerprint density at radius 1 is 0.957 bits per heavy atom. The van der Waals surface area contributed by atoms with Gasteiger partial charge in [-0.3, -0.25) is 0 Å². The van der Waals surface area contributed by atoms with Crippen molar-refractivity contribution in [2.75, 3.05) is 26.2 Å². The molecule has 3 N–H and O–H groups in total. The van der Waals surface area contributed by atoms with E-state index in [0.29, 0.717) is 13.2 Å². The number of ether oxygens (including phenoxy) is 1. The molecular formula is C19H26N2O2. The van der Waals surface area contributed by atoms with Gasteiger partial charge >= 0.3 is 0 Å². The van der Waals surface area contributed by atoms with Crippen LogP contribution in [0, 0.1) is 6.92 Å². The van der Waals surface area contributed by atoms with Crippen molar-refractivity contribution < 1.29 is 9.84 Å². The van der Waals surface area contributed by atoms with Crippen LogP contribution in [0.1, 0.15) is 16.7 Å². The van der Waals surface area contributed by atoms with Gasteiger partial charge in [-0.2, -0.15) is 0 Å². The second-order valence-electron chi connectivity index (χ2n) is 5.54. The third-order valence-electron chi connectivity index (χ3n) is 3.53. The lowest BCUT2D eigenvalue weighted by molar-refractivity contribution is 0.292. The predicted molar refractivity (Wildman–Crippen MR) is 93.6 cm³/mol. The van der Waals surface area contributed by atoms with Crippen molar-refractivity contribution in [2.45, 2.75) is 20.1 Å². The van der Waals surface area contributed by atoms with Crippen LogP contribution in [-0.4, -0.2) is 31.3 Å². The molecule has 0 unspecified atom stereocenters. The van der Waals surface area contributed by atoms with Gasteiger partial charge in [-0.1, -0.05) is 48.0 Å². The van der Waals surface area contributed by atoms with E-state index in [1.165, 1.54) is 11.1 Å². The highest BCUT2D eigenvalue weighted by molar-refractivity contribution is 5.33. The van der Waals surface area contributed by atoms with E-state index in [1.54, 1.807) is 0 Å². The van der Waals surface area contributed by atoms with Crippen molar-refractivity contribution in [1.29, 1.82) is 0 Å². The Morgan fingerprint density at radius 2 is 1.78 bits per heavy atom. The van der Waals surface area contributed by atoms with Crippen molar-refractivity contribution in [3.63, 3.8) is 0 Å². The summed E-state index contributed by atoms with van der Waals surface area (Å²) in [5.74, 6) is 0.921. The molecule has 2 aromatic carbocycles. The number of rotatable bonds is 10. The fourth-order valence-electron chi connectivity index (χ4n) is 2.36. The molecule has 0 spiro atoms. The van der Waals surface area contributed by atoms with Crippen molar-refractivity contribution in [3.8, 4) is 5.75 Å². The smallest absolute Gasteiger partial charge is 0.124 e.